The lowest BCUT2D eigenvalue weighted by atomic mass is 9.96. The van der Waals surface area contributed by atoms with Crippen molar-refractivity contribution in [3.05, 3.63) is 49.9 Å². The van der Waals surface area contributed by atoms with Gasteiger partial charge in [-0.3, -0.25) is 4.79 Å². The molecule has 0 aliphatic heterocycles. The molecule has 1 heterocycles. The van der Waals surface area contributed by atoms with Crippen molar-refractivity contribution in [3.63, 3.8) is 0 Å². The summed E-state index contributed by atoms with van der Waals surface area (Å²) < 4.78 is 19.3. The summed E-state index contributed by atoms with van der Waals surface area (Å²) in [6.45, 7) is -0.445. The number of anilines is 1. The van der Waals surface area contributed by atoms with Gasteiger partial charge < -0.3 is 10.1 Å². The van der Waals surface area contributed by atoms with Crippen LogP contribution in [-0.4, -0.2) is 18.5 Å². The lowest BCUT2D eigenvalue weighted by Gasteiger charge is -2.12. The molecule has 0 spiro atoms. The number of carbonyl (C=O) groups excluding carboxylic acids is 2. The number of hydrogen-bond donors (Lipinski definition) is 1. The van der Waals surface area contributed by atoms with Crippen molar-refractivity contribution >= 4 is 44.8 Å². The molecule has 0 bridgehead atoms. The van der Waals surface area contributed by atoms with Crippen LogP contribution in [0.15, 0.2) is 28.1 Å². The van der Waals surface area contributed by atoms with E-state index < -0.39 is 24.3 Å². The maximum atomic E-state index is 13.7. The van der Waals surface area contributed by atoms with Crippen LogP contribution in [0.2, 0.25) is 0 Å². The molecule has 1 aromatic heterocycles. The van der Waals surface area contributed by atoms with Gasteiger partial charge in [0.25, 0.3) is 5.91 Å². The molecule has 0 unspecified atom stereocenters. The summed E-state index contributed by atoms with van der Waals surface area (Å²) >= 11 is 4.71. The van der Waals surface area contributed by atoms with Gasteiger partial charge in [0.15, 0.2) is 6.61 Å². The molecule has 1 aliphatic rings. The number of rotatable bonds is 4. The van der Waals surface area contributed by atoms with Crippen LogP contribution < -0.4 is 5.32 Å². The Labute approximate surface area is 151 Å². The first-order valence-electron chi connectivity index (χ1n) is 7.56. The van der Waals surface area contributed by atoms with Crippen LogP contribution in [-0.2, 0) is 22.4 Å². The van der Waals surface area contributed by atoms with E-state index in [1.54, 1.807) is 22.8 Å². The predicted molar refractivity (Wildman–Crippen MR) is 94.0 cm³/mol. The van der Waals surface area contributed by atoms with Gasteiger partial charge in [0, 0.05) is 14.7 Å². The van der Waals surface area contributed by atoms with E-state index in [1.807, 2.05) is 0 Å². The number of carbonyl (C=O) groups is 2. The predicted octanol–water partition coefficient (Wildman–Crippen LogP) is 4.32. The molecule has 7 heteroatoms. The molecule has 0 saturated carbocycles. The Kier molecular flexibility index (Phi) is 5.30. The number of benzene rings is 1. The molecule has 4 nitrogen and oxygen atoms in total. The lowest BCUT2D eigenvalue weighted by molar-refractivity contribution is -0.119. The van der Waals surface area contributed by atoms with Crippen LogP contribution in [0.25, 0.3) is 0 Å². The van der Waals surface area contributed by atoms with Crippen molar-refractivity contribution in [1.82, 2.24) is 0 Å². The first-order chi connectivity index (χ1) is 11.5. The number of aryl methyl sites for hydroxylation is 1. The van der Waals surface area contributed by atoms with Gasteiger partial charge in [-0.05, 0) is 49.4 Å². The van der Waals surface area contributed by atoms with E-state index in [2.05, 4.69) is 21.2 Å². The molecule has 3 rings (SSSR count). The summed E-state index contributed by atoms with van der Waals surface area (Å²) in [5.74, 6) is -1.63. The molecule has 0 atom stereocenters. The van der Waals surface area contributed by atoms with E-state index in [0.717, 1.165) is 31.2 Å². The number of halogens is 2. The van der Waals surface area contributed by atoms with Crippen molar-refractivity contribution in [2.45, 2.75) is 25.7 Å². The molecule has 1 aliphatic carbocycles. The summed E-state index contributed by atoms with van der Waals surface area (Å²) in [5, 5.41) is 4.19. The van der Waals surface area contributed by atoms with Gasteiger partial charge >= 0.3 is 5.97 Å². The van der Waals surface area contributed by atoms with Crippen molar-refractivity contribution in [1.29, 1.82) is 0 Å². The maximum Gasteiger partial charge on any atom is 0.339 e. The van der Waals surface area contributed by atoms with Crippen molar-refractivity contribution in [3.8, 4) is 0 Å². The van der Waals surface area contributed by atoms with Gasteiger partial charge in [0.1, 0.15) is 5.82 Å². The summed E-state index contributed by atoms with van der Waals surface area (Å²) in [5.41, 5.74) is 1.65. The van der Waals surface area contributed by atoms with Crippen molar-refractivity contribution < 1.29 is 18.7 Å². The topological polar surface area (TPSA) is 55.4 Å². The van der Waals surface area contributed by atoms with Gasteiger partial charge in [0.05, 0.1) is 11.3 Å². The zero-order valence-corrected chi connectivity index (χ0v) is 15.1. The van der Waals surface area contributed by atoms with E-state index in [0.29, 0.717) is 10.0 Å². The Balaban J connectivity index is 1.58. The average Bonchev–Trinajstić information content (AvgIpc) is 2.99. The average molecular weight is 412 g/mol. The number of nitrogens with one attached hydrogen (secondary N) is 1. The fourth-order valence-corrected chi connectivity index (χ4v) is 4.10. The Bertz CT molecular complexity index is 790. The van der Waals surface area contributed by atoms with E-state index in [-0.39, 0.29) is 5.69 Å². The minimum Gasteiger partial charge on any atom is -0.452 e. The van der Waals surface area contributed by atoms with Gasteiger partial charge in [0.2, 0.25) is 0 Å². The van der Waals surface area contributed by atoms with Crippen LogP contribution in [0.5, 0.6) is 0 Å². The molecule has 1 N–H and O–H groups in total. The van der Waals surface area contributed by atoms with Crippen molar-refractivity contribution in [2.24, 2.45) is 0 Å². The van der Waals surface area contributed by atoms with Crippen molar-refractivity contribution in [2.75, 3.05) is 11.9 Å². The Morgan fingerprint density at radius 3 is 2.88 bits per heavy atom. The number of fused-ring (bicyclic) bond motifs is 1. The number of thiophene rings is 1. The fraction of sp³-hybridized carbons (Fsp3) is 0.294. The minimum atomic E-state index is -0.575. The summed E-state index contributed by atoms with van der Waals surface area (Å²) in [4.78, 5) is 25.2. The standard InChI is InChI=1S/C17H15BrFNO3S/c18-10-5-6-14(13(19)7-10)20-16(21)8-23-17(22)12-9-24-15-4-2-1-3-11(12)15/h5-7,9H,1-4,8H2,(H,20,21). The first-order valence-corrected chi connectivity index (χ1v) is 9.23. The van der Waals surface area contributed by atoms with Gasteiger partial charge in [-0.2, -0.15) is 0 Å². The van der Waals surface area contributed by atoms with E-state index in [1.165, 1.54) is 17.0 Å². The normalized spacial score (nSPS) is 13.2. The molecule has 24 heavy (non-hydrogen) atoms. The first kappa shape index (κ1) is 17.1. The number of esters is 1. The van der Waals surface area contributed by atoms with Gasteiger partial charge in [-0.15, -0.1) is 11.3 Å². The third-order valence-corrected chi connectivity index (χ3v) is 5.40. The highest BCUT2D eigenvalue weighted by Crippen LogP contribution is 2.30. The quantitative estimate of drug-likeness (QED) is 0.761. The second kappa shape index (κ2) is 7.44. The highest BCUT2D eigenvalue weighted by atomic mass is 79.9. The molecule has 0 fully saturated rings. The number of amides is 1. The van der Waals surface area contributed by atoms with Gasteiger partial charge in [-0.25, -0.2) is 9.18 Å². The van der Waals surface area contributed by atoms with E-state index in [9.17, 15) is 14.0 Å². The Morgan fingerprint density at radius 2 is 2.08 bits per heavy atom. The highest BCUT2D eigenvalue weighted by Gasteiger charge is 2.21. The number of hydrogen-bond acceptors (Lipinski definition) is 4. The molecular formula is C17H15BrFNO3S. The second-order valence-electron chi connectivity index (χ2n) is 5.51. The SMILES string of the molecule is O=C(COC(=O)c1csc2c1CCCC2)Nc1ccc(Br)cc1F. The molecular weight excluding hydrogens is 397 g/mol. The zero-order chi connectivity index (χ0) is 17.1. The molecule has 1 amide bonds. The summed E-state index contributed by atoms with van der Waals surface area (Å²) in [6, 6.07) is 4.30. The lowest BCUT2D eigenvalue weighted by Crippen LogP contribution is -2.22. The highest BCUT2D eigenvalue weighted by molar-refractivity contribution is 9.10. The Morgan fingerprint density at radius 1 is 1.29 bits per heavy atom. The second-order valence-corrected chi connectivity index (χ2v) is 7.39. The monoisotopic (exact) mass is 411 g/mol. The zero-order valence-electron chi connectivity index (χ0n) is 12.7. The van der Waals surface area contributed by atoms with Crippen LogP contribution in [0.3, 0.4) is 0 Å². The third-order valence-electron chi connectivity index (χ3n) is 3.82. The van der Waals surface area contributed by atoms with E-state index >= 15 is 0 Å². The summed E-state index contributed by atoms with van der Waals surface area (Å²) in [6.07, 6.45) is 4.08. The number of ether oxygens (including phenoxy) is 1. The molecule has 126 valence electrons. The molecule has 2 aromatic rings. The van der Waals surface area contributed by atoms with Crippen LogP contribution in [0, 0.1) is 5.82 Å². The minimum absolute atomic E-state index is 0.0483. The summed E-state index contributed by atoms with van der Waals surface area (Å²) in [7, 11) is 0. The fourth-order valence-electron chi connectivity index (χ4n) is 2.65. The molecule has 0 saturated heterocycles. The van der Waals surface area contributed by atoms with E-state index in [4.69, 9.17) is 4.74 Å². The smallest absolute Gasteiger partial charge is 0.339 e. The van der Waals surface area contributed by atoms with Crippen LogP contribution >= 0.6 is 27.3 Å². The largest absolute Gasteiger partial charge is 0.452 e. The molecule has 1 aromatic carbocycles. The molecule has 0 radical (unpaired) electrons. The van der Waals surface area contributed by atoms with Crippen LogP contribution in [0.4, 0.5) is 10.1 Å². The van der Waals surface area contributed by atoms with Crippen LogP contribution in [0.1, 0.15) is 33.6 Å². The maximum absolute atomic E-state index is 13.7. The van der Waals surface area contributed by atoms with Gasteiger partial charge in [-0.1, -0.05) is 15.9 Å². The Hall–Kier alpha value is -1.73. The third kappa shape index (κ3) is 3.84.